The molecule has 1 aliphatic rings. The highest BCUT2D eigenvalue weighted by atomic mass is 32.2. The van der Waals surface area contributed by atoms with E-state index in [2.05, 4.69) is 24.3 Å². The van der Waals surface area contributed by atoms with Gasteiger partial charge < -0.3 is 0 Å². The first-order chi connectivity index (χ1) is 13.4. The summed E-state index contributed by atoms with van der Waals surface area (Å²) in [6, 6.07) is 27.6. The molecule has 3 aromatic rings. The summed E-state index contributed by atoms with van der Waals surface area (Å²) in [4.78, 5) is 0.363. The Morgan fingerprint density at radius 3 is 1.82 bits per heavy atom. The third kappa shape index (κ3) is 3.17. The molecule has 1 unspecified atom stereocenters. The molecule has 4 heteroatoms. The van der Waals surface area contributed by atoms with E-state index in [4.69, 9.17) is 0 Å². The lowest BCUT2D eigenvalue weighted by molar-refractivity contribution is 0.403. The predicted octanol–water partition coefficient (Wildman–Crippen LogP) is 4.76. The van der Waals surface area contributed by atoms with Crippen molar-refractivity contribution in [2.24, 2.45) is 0 Å². The number of rotatable bonds is 4. The number of hydrogen-bond acceptors (Lipinski definition) is 2. The molecule has 1 saturated heterocycles. The zero-order chi connectivity index (χ0) is 19.8. The van der Waals surface area contributed by atoms with Gasteiger partial charge in [0, 0.05) is 18.0 Å². The van der Waals surface area contributed by atoms with Gasteiger partial charge in [-0.15, -0.1) is 0 Å². The molecule has 144 valence electrons. The van der Waals surface area contributed by atoms with E-state index in [1.807, 2.05) is 62.4 Å². The maximum absolute atomic E-state index is 13.4. The summed E-state index contributed by atoms with van der Waals surface area (Å²) < 4.78 is 28.5. The smallest absolute Gasteiger partial charge is 0.207 e. The molecule has 0 radical (unpaired) electrons. The highest BCUT2D eigenvalue weighted by Crippen LogP contribution is 2.45. The molecule has 0 amide bonds. The lowest BCUT2D eigenvalue weighted by Crippen LogP contribution is -2.37. The van der Waals surface area contributed by atoms with Crippen molar-refractivity contribution >= 4 is 10.0 Å². The number of hydrogen-bond donors (Lipinski definition) is 0. The van der Waals surface area contributed by atoms with E-state index in [1.54, 1.807) is 16.4 Å². The van der Waals surface area contributed by atoms with Crippen LogP contribution >= 0.6 is 0 Å². The second kappa shape index (κ2) is 7.19. The summed E-state index contributed by atoms with van der Waals surface area (Å²) in [5, 5.41) is 0. The summed E-state index contributed by atoms with van der Waals surface area (Å²) in [5.74, 6) is 0. The van der Waals surface area contributed by atoms with Gasteiger partial charge in [-0.25, -0.2) is 8.42 Å². The highest BCUT2D eigenvalue weighted by molar-refractivity contribution is 7.89. The van der Waals surface area contributed by atoms with Gasteiger partial charge in [0.05, 0.1) is 4.90 Å². The molecule has 1 aliphatic heterocycles. The monoisotopic (exact) mass is 391 g/mol. The second-order valence-electron chi connectivity index (χ2n) is 7.73. The predicted molar refractivity (Wildman–Crippen MR) is 113 cm³/mol. The largest absolute Gasteiger partial charge is 0.243 e. The first-order valence-electron chi connectivity index (χ1n) is 9.63. The Hall–Kier alpha value is -2.43. The van der Waals surface area contributed by atoms with E-state index in [9.17, 15) is 8.42 Å². The Morgan fingerprint density at radius 2 is 1.32 bits per heavy atom. The molecule has 1 atom stereocenters. The quantitative estimate of drug-likeness (QED) is 0.643. The highest BCUT2D eigenvalue weighted by Gasteiger charge is 2.49. The third-order valence-corrected chi connectivity index (χ3v) is 7.82. The lowest BCUT2D eigenvalue weighted by Gasteiger charge is -2.30. The molecule has 0 spiro atoms. The van der Waals surface area contributed by atoms with Crippen molar-refractivity contribution in [2.45, 2.75) is 36.6 Å². The molecule has 0 aliphatic carbocycles. The molecule has 1 fully saturated rings. The van der Waals surface area contributed by atoms with Crippen LogP contribution in [0, 0.1) is 6.92 Å². The third-order valence-electron chi connectivity index (χ3n) is 5.84. The Balaban J connectivity index is 1.80. The van der Waals surface area contributed by atoms with Crippen LogP contribution in [0.1, 0.15) is 30.0 Å². The molecule has 3 aromatic carbocycles. The van der Waals surface area contributed by atoms with Gasteiger partial charge >= 0.3 is 0 Å². The molecule has 28 heavy (non-hydrogen) atoms. The van der Waals surface area contributed by atoms with E-state index in [-0.39, 0.29) is 11.5 Å². The fraction of sp³-hybridized carbons (Fsp3) is 0.250. The van der Waals surface area contributed by atoms with Crippen LogP contribution in [0.4, 0.5) is 0 Å². The Bertz CT molecular complexity index is 1010. The first kappa shape index (κ1) is 18.9. The zero-order valence-electron chi connectivity index (χ0n) is 16.2. The summed E-state index contributed by atoms with van der Waals surface area (Å²) in [5.41, 5.74) is 3.03. The van der Waals surface area contributed by atoms with Crippen LogP contribution in [0.25, 0.3) is 0 Å². The van der Waals surface area contributed by atoms with Crippen LogP contribution in [-0.2, 0) is 15.4 Å². The lowest BCUT2D eigenvalue weighted by atomic mass is 9.73. The minimum absolute atomic E-state index is 0.0910. The molecular weight excluding hydrogens is 366 g/mol. The standard InChI is InChI=1S/C24H25NO2S/c1-19-13-15-23(16-14-19)28(26,27)25-18-24(17-20(25)2,21-9-5-3-6-10-21)22-11-7-4-8-12-22/h3-16,20H,17-18H2,1-2H3. The van der Waals surface area contributed by atoms with Gasteiger partial charge in [0.25, 0.3) is 0 Å². The summed E-state index contributed by atoms with van der Waals surface area (Å²) >= 11 is 0. The fourth-order valence-electron chi connectivity index (χ4n) is 4.36. The molecule has 0 N–H and O–H groups in total. The Kier molecular flexibility index (Phi) is 4.86. The molecule has 3 nitrogen and oxygen atoms in total. The van der Waals surface area contributed by atoms with Crippen molar-refractivity contribution in [3.8, 4) is 0 Å². The van der Waals surface area contributed by atoms with Crippen LogP contribution in [0.2, 0.25) is 0 Å². The fourth-order valence-corrected chi connectivity index (χ4v) is 6.05. The second-order valence-corrected chi connectivity index (χ2v) is 9.62. The van der Waals surface area contributed by atoms with Gasteiger partial charge in [0.1, 0.15) is 0 Å². The molecule has 1 heterocycles. The summed E-state index contributed by atoms with van der Waals surface area (Å²) in [6.45, 7) is 4.42. The van der Waals surface area contributed by atoms with Crippen molar-refractivity contribution < 1.29 is 8.42 Å². The van der Waals surface area contributed by atoms with E-state index in [0.29, 0.717) is 11.4 Å². The molecular formula is C24H25NO2S. The van der Waals surface area contributed by atoms with Crippen LogP contribution in [0.3, 0.4) is 0 Å². The SMILES string of the molecule is Cc1ccc(S(=O)(=O)N2CC(c3ccccc3)(c3ccccc3)CC2C)cc1. The summed E-state index contributed by atoms with van der Waals surface area (Å²) in [6.07, 6.45) is 0.756. The molecule has 4 rings (SSSR count). The van der Waals surface area contributed by atoms with Gasteiger partial charge in [-0.2, -0.15) is 4.31 Å². The molecule has 0 aromatic heterocycles. The molecule has 0 saturated carbocycles. The van der Waals surface area contributed by atoms with Crippen LogP contribution in [-0.4, -0.2) is 25.3 Å². The average Bonchev–Trinajstić information content (AvgIpc) is 3.09. The minimum Gasteiger partial charge on any atom is -0.207 e. The van der Waals surface area contributed by atoms with Gasteiger partial charge in [-0.3, -0.25) is 0 Å². The van der Waals surface area contributed by atoms with E-state index >= 15 is 0 Å². The van der Waals surface area contributed by atoms with Crippen LogP contribution in [0.5, 0.6) is 0 Å². The topological polar surface area (TPSA) is 37.4 Å². The van der Waals surface area contributed by atoms with Gasteiger partial charge in [-0.05, 0) is 43.5 Å². The Morgan fingerprint density at radius 1 is 0.821 bits per heavy atom. The van der Waals surface area contributed by atoms with Gasteiger partial charge in [-0.1, -0.05) is 78.4 Å². The maximum Gasteiger partial charge on any atom is 0.243 e. The average molecular weight is 392 g/mol. The minimum atomic E-state index is -3.56. The molecule has 0 bridgehead atoms. The van der Waals surface area contributed by atoms with Crippen LogP contribution in [0.15, 0.2) is 89.8 Å². The van der Waals surface area contributed by atoms with Crippen molar-refractivity contribution in [3.05, 3.63) is 102 Å². The van der Waals surface area contributed by atoms with E-state index < -0.39 is 10.0 Å². The maximum atomic E-state index is 13.4. The number of nitrogens with zero attached hydrogens (tertiary/aromatic N) is 1. The van der Waals surface area contributed by atoms with E-state index in [0.717, 1.165) is 23.1 Å². The van der Waals surface area contributed by atoms with Crippen LogP contribution < -0.4 is 0 Å². The number of sulfonamides is 1. The van der Waals surface area contributed by atoms with E-state index in [1.165, 1.54) is 0 Å². The van der Waals surface area contributed by atoms with Crippen molar-refractivity contribution in [1.29, 1.82) is 0 Å². The van der Waals surface area contributed by atoms with Crippen molar-refractivity contribution in [2.75, 3.05) is 6.54 Å². The van der Waals surface area contributed by atoms with Crippen molar-refractivity contribution in [1.82, 2.24) is 4.31 Å². The normalized spacial score (nSPS) is 19.6. The van der Waals surface area contributed by atoms with Gasteiger partial charge in [0.15, 0.2) is 0 Å². The van der Waals surface area contributed by atoms with Crippen molar-refractivity contribution in [3.63, 3.8) is 0 Å². The Labute approximate surface area is 167 Å². The number of aryl methyl sites for hydroxylation is 1. The number of benzene rings is 3. The summed E-state index contributed by atoms with van der Waals surface area (Å²) in [7, 11) is -3.56. The first-order valence-corrected chi connectivity index (χ1v) is 11.1. The zero-order valence-corrected chi connectivity index (χ0v) is 17.1. The van der Waals surface area contributed by atoms with Gasteiger partial charge in [0.2, 0.25) is 10.0 Å².